The average molecular weight is 611 g/mol. The molecule has 246 valence electrons. The number of aliphatic hydroxyl groups is 1. The molecule has 0 aromatic heterocycles. The first kappa shape index (κ1) is 31.3. The third-order valence-electron chi connectivity index (χ3n) is 14.6. The number of carbonyl (C=O) groups is 2. The third-order valence-corrected chi connectivity index (χ3v) is 14.6. The van der Waals surface area contributed by atoms with E-state index in [1.807, 2.05) is 0 Å². The molecule has 2 saturated heterocycles. The summed E-state index contributed by atoms with van der Waals surface area (Å²) in [6.07, 6.45) is 16.0. The van der Waals surface area contributed by atoms with Crippen LogP contribution < -0.4 is 5.32 Å². The molecule has 4 saturated carbocycles. The van der Waals surface area contributed by atoms with Gasteiger partial charge in [0.05, 0.1) is 23.7 Å². The molecule has 2 heterocycles. The second kappa shape index (κ2) is 11.8. The van der Waals surface area contributed by atoms with Crippen molar-refractivity contribution in [3.05, 3.63) is 11.6 Å². The van der Waals surface area contributed by atoms with E-state index >= 15 is 0 Å². The van der Waals surface area contributed by atoms with Crippen LogP contribution in [-0.4, -0.2) is 78.4 Å². The third kappa shape index (κ3) is 4.34. The number of piperidine rings is 1. The summed E-state index contributed by atoms with van der Waals surface area (Å²) in [7, 11) is 0. The topological polar surface area (TPSA) is 99.1 Å². The first-order chi connectivity index (χ1) is 21.2. The molecule has 10 atom stereocenters. The smallest absolute Gasteiger partial charge is 0.315 e. The number of aldehydes is 1. The molecule has 6 fully saturated rings. The van der Waals surface area contributed by atoms with Gasteiger partial charge in [0, 0.05) is 38.1 Å². The number of hydrogen-bond acceptors (Lipinski definition) is 6. The van der Waals surface area contributed by atoms with E-state index in [0.29, 0.717) is 30.1 Å². The fraction of sp³-hybridized carbons (Fsp3) is 0.892. The van der Waals surface area contributed by atoms with Gasteiger partial charge >= 0.3 is 5.97 Å². The van der Waals surface area contributed by atoms with Crippen LogP contribution in [0.1, 0.15) is 97.8 Å². The Morgan fingerprint density at radius 3 is 2.52 bits per heavy atom. The summed E-state index contributed by atoms with van der Waals surface area (Å²) in [4.78, 5) is 30.1. The largest absolute Gasteiger partial charge is 0.481 e. The lowest BCUT2D eigenvalue weighted by molar-refractivity contribution is -0.197. The van der Waals surface area contributed by atoms with Crippen LogP contribution in [0.3, 0.4) is 0 Å². The zero-order chi connectivity index (χ0) is 30.9. The minimum Gasteiger partial charge on any atom is -0.481 e. The van der Waals surface area contributed by atoms with E-state index in [4.69, 9.17) is 4.74 Å². The number of rotatable bonds is 10. The monoisotopic (exact) mass is 610 g/mol. The van der Waals surface area contributed by atoms with Crippen molar-refractivity contribution in [2.45, 2.75) is 116 Å². The fourth-order valence-electron chi connectivity index (χ4n) is 12.8. The van der Waals surface area contributed by atoms with Gasteiger partial charge in [0.15, 0.2) is 0 Å². The van der Waals surface area contributed by atoms with E-state index < -0.39 is 22.2 Å². The number of nitrogens with zero attached hydrogens (tertiary/aromatic N) is 1. The van der Waals surface area contributed by atoms with E-state index in [0.717, 1.165) is 83.1 Å². The van der Waals surface area contributed by atoms with Gasteiger partial charge in [-0.3, -0.25) is 4.79 Å². The van der Waals surface area contributed by atoms with Crippen molar-refractivity contribution in [1.29, 1.82) is 0 Å². The Morgan fingerprint density at radius 2 is 1.84 bits per heavy atom. The van der Waals surface area contributed by atoms with Gasteiger partial charge in [0.1, 0.15) is 11.7 Å². The summed E-state index contributed by atoms with van der Waals surface area (Å²) < 4.78 is 7.33. The van der Waals surface area contributed by atoms with Crippen LogP contribution in [0.5, 0.6) is 0 Å². The molecule has 0 amide bonds. The number of carboxylic acids is 1. The van der Waals surface area contributed by atoms with Gasteiger partial charge in [0.2, 0.25) is 0 Å². The molecule has 3 unspecified atom stereocenters. The first-order valence-electron chi connectivity index (χ1n) is 18.4. The van der Waals surface area contributed by atoms with Crippen molar-refractivity contribution in [1.82, 2.24) is 10.2 Å². The van der Waals surface area contributed by atoms with Crippen molar-refractivity contribution >= 4 is 12.3 Å². The Kier molecular flexibility index (Phi) is 8.37. The minimum absolute atomic E-state index is 0.0818. The fourth-order valence-corrected chi connectivity index (χ4v) is 12.8. The number of fused-ring (bicyclic) bond motifs is 2. The molecule has 7 heteroatoms. The molecule has 44 heavy (non-hydrogen) atoms. The molecular formula is C37H58N2O5. The minimum atomic E-state index is -1.16. The number of nitrogens with one attached hydrogen (secondary N) is 1. The van der Waals surface area contributed by atoms with Crippen molar-refractivity contribution < 1.29 is 24.5 Å². The van der Waals surface area contributed by atoms with Crippen molar-refractivity contribution in [2.75, 3.05) is 32.7 Å². The number of ether oxygens (including phenoxy) is 1. The lowest BCUT2D eigenvalue weighted by atomic mass is 9.41. The maximum absolute atomic E-state index is 14.1. The van der Waals surface area contributed by atoms with Gasteiger partial charge < -0.3 is 30.0 Å². The summed E-state index contributed by atoms with van der Waals surface area (Å²) in [6.45, 7) is 11.2. The van der Waals surface area contributed by atoms with Gasteiger partial charge in [-0.25, -0.2) is 0 Å². The number of carboxylic acid groups (broad SMARTS) is 1. The summed E-state index contributed by atoms with van der Waals surface area (Å²) in [6, 6.07) is 0. The highest BCUT2D eigenvalue weighted by Gasteiger charge is 2.86. The molecule has 0 spiro atoms. The van der Waals surface area contributed by atoms with Crippen molar-refractivity contribution in [2.24, 2.45) is 57.7 Å². The zero-order valence-corrected chi connectivity index (χ0v) is 27.5. The molecule has 7 rings (SSSR count). The number of aliphatic carboxylic acids is 1. The molecule has 2 aliphatic heterocycles. The predicted octanol–water partition coefficient (Wildman–Crippen LogP) is 5.31. The normalized spacial score (nSPS) is 46.0. The van der Waals surface area contributed by atoms with E-state index in [-0.39, 0.29) is 36.1 Å². The van der Waals surface area contributed by atoms with Crippen LogP contribution in [0, 0.1) is 57.7 Å². The second-order valence-corrected chi connectivity index (χ2v) is 16.6. The molecule has 0 aromatic carbocycles. The first-order valence-corrected chi connectivity index (χ1v) is 18.4. The average Bonchev–Trinajstić information content (AvgIpc) is 3.74. The van der Waals surface area contributed by atoms with Gasteiger partial charge in [-0.1, -0.05) is 70.9 Å². The number of allylic oxidation sites excluding steroid dienone is 1. The van der Waals surface area contributed by atoms with Crippen LogP contribution in [0.4, 0.5) is 0 Å². The zero-order valence-electron chi connectivity index (χ0n) is 27.5. The highest BCUT2D eigenvalue weighted by atomic mass is 16.5. The Bertz CT molecular complexity index is 1130. The number of hydrogen-bond donors (Lipinski definition) is 3. The Balaban J connectivity index is 1.20. The summed E-state index contributed by atoms with van der Waals surface area (Å²) >= 11 is 0. The highest BCUT2D eigenvalue weighted by Crippen LogP contribution is 2.84. The lowest BCUT2D eigenvalue weighted by Crippen LogP contribution is -2.65. The standard InChI is InChI=1S/C37H58N2O5/c1-23(2)31-17-26-19-35(22-40)30-10-9-24(3)29(30)20-36(26,37(31,35)34(42)43)33-18-28(25-7-5-4-6-8-25)32(44-33)21-38-13-16-39-14-11-27(41)12-15-39/h17,22-30,32-33,38,41H,4-16,18-21H2,1-3H3,(H,42,43)/t24-,26?,28+,29-,30-,32+,33-,35?,36?,37+/m1/s1. The number of carbonyl (C=O) groups excluding carboxylic acids is 1. The number of likely N-dealkylation sites (tertiary alicyclic amines) is 1. The Labute approximate surface area is 264 Å². The maximum Gasteiger partial charge on any atom is 0.315 e. The van der Waals surface area contributed by atoms with E-state index in [1.54, 1.807) is 0 Å². The van der Waals surface area contributed by atoms with Gasteiger partial charge in [0.25, 0.3) is 0 Å². The molecular weight excluding hydrogens is 552 g/mol. The van der Waals surface area contributed by atoms with E-state index in [9.17, 15) is 19.8 Å². The van der Waals surface area contributed by atoms with Crippen LogP contribution >= 0.6 is 0 Å². The van der Waals surface area contributed by atoms with Gasteiger partial charge in [-0.15, -0.1) is 0 Å². The maximum atomic E-state index is 14.1. The van der Waals surface area contributed by atoms with Crippen LogP contribution in [0.15, 0.2) is 11.6 Å². The molecule has 5 aliphatic carbocycles. The predicted molar refractivity (Wildman–Crippen MR) is 170 cm³/mol. The molecule has 7 nitrogen and oxygen atoms in total. The van der Waals surface area contributed by atoms with Crippen molar-refractivity contribution in [3.63, 3.8) is 0 Å². The highest BCUT2D eigenvalue weighted by molar-refractivity contribution is 5.90. The molecule has 7 aliphatic rings. The summed E-state index contributed by atoms with van der Waals surface area (Å²) in [5.41, 5.74) is -1.50. The van der Waals surface area contributed by atoms with Crippen molar-refractivity contribution in [3.8, 4) is 0 Å². The van der Waals surface area contributed by atoms with E-state index in [1.165, 1.54) is 32.1 Å². The number of aliphatic hydroxyl groups excluding tert-OH is 1. The van der Waals surface area contributed by atoms with Crippen LogP contribution in [-0.2, 0) is 14.3 Å². The van der Waals surface area contributed by atoms with E-state index in [2.05, 4.69) is 37.1 Å². The molecule has 0 radical (unpaired) electrons. The van der Waals surface area contributed by atoms with Crippen LogP contribution in [0.2, 0.25) is 0 Å². The SMILES string of the molecule is CC(C)C1=CC2CC3(C=O)[C@@H]4CC[C@@H](C)[C@H]4CC2([C@H]2C[C@@H](C4CCCCC4)[C@H](CNCCN4CCC(O)CC4)O2)[C@]13C(=O)O. The Morgan fingerprint density at radius 1 is 1.09 bits per heavy atom. The molecule has 3 N–H and O–H groups in total. The van der Waals surface area contributed by atoms with Gasteiger partial charge in [-0.05, 0) is 80.0 Å². The quantitative estimate of drug-likeness (QED) is 0.175. The van der Waals surface area contributed by atoms with Crippen LogP contribution in [0.25, 0.3) is 0 Å². The lowest BCUT2D eigenvalue weighted by Gasteiger charge is -2.60. The van der Waals surface area contributed by atoms with Gasteiger partial charge in [-0.2, -0.15) is 0 Å². The molecule has 0 aromatic rings. The summed E-state index contributed by atoms with van der Waals surface area (Å²) in [5, 5.41) is 25.2. The summed E-state index contributed by atoms with van der Waals surface area (Å²) in [5.74, 6) is 1.58. The molecule has 4 bridgehead atoms. The Hall–Kier alpha value is -1.28. The second-order valence-electron chi connectivity index (χ2n) is 16.6.